The lowest BCUT2D eigenvalue weighted by Crippen LogP contribution is -2.11. The van der Waals surface area contributed by atoms with Crippen molar-refractivity contribution in [2.75, 3.05) is 0 Å². The zero-order chi connectivity index (χ0) is 19.7. The van der Waals surface area contributed by atoms with Crippen molar-refractivity contribution >= 4 is 22.7 Å². The van der Waals surface area contributed by atoms with E-state index in [4.69, 9.17) is 0 Å². The predicted molar refractivity (Wildman–Crippen MR) is 109 cm³/mol. The Hall–Kier alpha value is -3.92. The number of benzene rings is 4. The molecule has 4 aromatic carbocycles. The van der Waals surface area contributed by atoms with Crippen LogP contribution in [-0.2, 0) is 0 Å². The van der Waals surface area contributed by atoms with Crippen LogP contribution >= 0.6 is 0 Å². The first-order valence-electron chi connectivity index (χ1n) is 8.75. The van der Waals surface area contributed by atoms with E-state index in [0.29, 0.717) is 21.9 Å². The maximum absolute atomic E-state index is 12.1. The SMILES string of the molecule is O=C(O)c1cc2ccccc2c(-c2ccccc2-c2ccccc2)c1C(=O)O. The molecule has 0 aromatic heterocycles. The summed E-state index contributed by atoms with van der Waals surface area (Å²) in [6.45, 7) is 0. The molecule has 0 radical (unpaired) electrons. The molecule has 0 saturated heterocycles. The molecule has 2 N–H and O–H groups in total. The molecule has 0 aliphatic heterocycles. The van der Waals surface area contributed by atoms with Crippen molar-refractivity contribution in [2.24, 2.45) is 0 Å². The van der Waals surface area contributed by atoms with Gasteiger partial charge >= 0.3 is 11.9 Å². The summed E-state index contributed by atoms with van der Waals surface area (Å²) >= 11 is 0. The Morgan fingerprint density at radius 3 is 1.93 bits per heavy atom. The maximum atomic E-state index is 12.1. The summed E-state index contributed by atoms with van der Waals surface area (Å²) in [5.41, 5.74) is 2.46. The zero-order valence-electron chi connectivity index (χ0n) is 14.8. The van der Waals surface area contributed by atoms with Gasteiger partial charge in [0.25, 0.3) is 0 Å². The first-order chi connectivity index (χ1) is 13.6. The van der Waals surface area contributed by atoms with E-state index in [-0.39, 0.29) is 11.1 Å². The molecule has 0 fully saturated rings. The van der Waals surface area contributed by atoms with Crippen LogP contribution < -0.4 is 0 Å². The minimum absolute atomic E-state index is 0.199. The van der Waals surface area contributed by atoms with Crippen LogP contribution in [0.5, 0.6) is 0 Å². The van der Waals surface area contributed by atoms with E-state index in [1.807, 2.05) is 66.7 Å². The summed E-state index contributed by atoms with van der Waals surface area (Å²) in [5, 5.41) is 21.0. The number of hydrogen-bond donors (Lipinski definition) is 2. The lowest BCUT2D eigenvalue weighted by molar-refractivity contribution is 0.0652. The van der Waals surface area contributed by atoms with Gasteiger partial charge in [0.2, 0.25) is 0 Å². The molecule has 0 heterocycles. The highest BCUT2D eigenvalue weighted by Crippen LogP contribution is 2.40. The van der Waals surface area contributed by atoms with Crippen molar-refractivity contribution in [3.05, 3.63) is 96.1 Å². The van der Waals surface area contributed by atoms with Gasteiger partial charge in [-0.3, -0.25) is 0 Å². The normalized spacial score (nSPS) is 10.7. The highest BCUT2D eigenvalue weighted by molar-refractivity contribution is 6.16. The van der Waals surface area contributed by atoms with Crippen LogP contribution in [0.1, 0.15) is 20.7 Å². The summed E-state index contributed by atoms with van der Waals surface area (Å²) < 4.78 is 0. The Morgan fingerprint density at radius 2 is 1.25 bits per heavy atom. The smallest absolute Gasteiger partial charge is 0.337 e. The second kappa shape index (κ2) is 7.00. The van der Waals surface area contributed by atoms with Gasteiger partial charge in [-0.05, 0) is 33.5 Å². The lowest BCUT2D eigenvalue weighted by atomic mass is 9.86. The molecule has 0 unspecified atom stereocenters. The van der Waals surface area contributed by atoms with Gasteiger partial charge in [-0.15, -0.1) is 0 Å². The van der Waals surface area contributed by atoms with Crippen molar-refractivity contribution in [1.29, 1.82) is 0 Å². The zero-order valence-corrected chi connectivity index (χ0v) is 14.8. The monoisotopic (exact) mass is 368 g/mol. The summed E-state index contributed by atoms with van der Waals surface area (Å²) in [4.78, 5) is 24.0. The van der Waals surface area contributed by atoms with E-state index in [0.717, 1.165) is 11.1 Å². The molecule has 0 aliphatic carbocycles. The van der Waals surface area contributed by atoms with Crippen LogP contribution in [-0.4, -0.2) is 22.2 Å². The Bertz CT molecular complexity index is 1210. The third-order valence-corrected chi connectivity index (χ3v) is 4.77. The number of aromatic carboxylic acids is 2. The fraction of sp³-hybridized carbons (Fsp3) is 0. The molecular formula is C24H16O4. The quantitative estimate of drug-likeness (QED) is 0.494. The number of rotatable bonds is 4. The molecule has 0 saturated carbocycles. The Labute approximate surface area is 161 Å². The molecule has 4 rings (SSSR count). The fourth-order valence-electron chi connectivity index (χ4n) is 3.59. The van der Waals surface area contributed by atoms with E-state index in [1.54, 1.807) is 12.1 Å². The Kier molecular flexibility index (Phi) is 4.38. The molecule has 0 spiro atoms. The van der Waals surface area contributed by atoms with Gasteiger partial charge in [-0.2, -0.15) is 0 Å². The van der Waals surface area contributed by atoms with Crippen molar-refractivity contribution in [3.8, 4) is 22.3 Å². The van der Waals surface area contributed by atoms with Crippen molar-refractivity contribution < 1.29 is 19.8 Å². The van der Waals surface area contributed by atoms with E-state index in [2.05, 4.69) is 0 Å². The Morgan fingerprint density at radius 1 is 0.643 bits per heavy atom. The minimum atomic E-state index is -1.26. The molecule has 136 valence electrons. The van der Waals surface area contributed by atoms with Crippen LogP contribution in [0, 0.1) is 0 Å². The third-order valence-electron chi connectivity index (χ3n) is 4.77. The molecule has 0 aliphatic rings. The first kappa shape index (κ1) is 17.5. The van der Waals surface area contributed by atoms with Gasteiger partial charge in [0.1, 0.15) is 0 Å². The standard InChI is InChI=1S/C24H16O4/c25-23(26)20-14-16-10-4-5-12-18(16)21(22(20)24(27)28)19-13-7-6-11-17(19)15-8-2-1-3-9-15/h1-14H,(H,25,26)(H,27,28). The van der Waals surface area contributed by atoms with Gasteiger partial charge in [0, 0.05) is 5.56 Å². The number of hydrogen-bond acceptors (Lipinski definition) is 2. The van der Waals surface area contributed by atoms with Crippen LogP contribution in [0.15, 0.2) is 84.9 Å². The van der Waals surface area contributed by atoms with Crippen LogP contribution in [0.25, 0.3) is 33.0 Å². The van der Waals surface area contributed by atoms with E-state index in [1.165, 1.54) is 6.07 Å². The van der Waals surface area contributed by atoms with E-state index < -0.39 is 11.9 Å². The molecule has 28 heavy (non-hydrogen) atoms. The summed E-state index contributed by atoms with van der Waals surface area (Å²) in [6.07, 6.45) is 0. The van der Waals surface area contributed by atoms with Crippen molar-refractivity contribution in [2.45, 2.75) is 0 Å². The van der Waals surface area contributed by atoms with E-state index >= 15 is 0 Å². The molecule has 0 bridgehead atoms. The van der Waals surface area contributed by atoms with Gasteiger partial charge in [0.05, 0.1) is 11.1 Å². The molecule has 0 atom stereocenters. The first-order valence-corrected chi connectivity index (χ1v) is 8.75. The fourth-order valence-corrected chi connectivity index (χ4v) is 3.59. The van der Waals surface area contributed by atoms with Crippen molar-refractivity contribution in [1.82, 2.24) is 0 Å². The number of fused-ring (bicyclic) bond motifs is 1. The summed E-state index contributed by atoms with van der Waals surface area (Å²) in [6, 6.07) is 25.8. The molecule has 4 aromatic rings. The maximum Gasteiger partial charge on any atom is 0.337 e. The van der Waals surface area contributed by atoms with Crippen molar-refractivity contribution in [3.63, 3.8) is 0 Å². The Balaban J connectivity index is 2.18. The number of carboxylic acid groups (broad SMARTS) is 2. The molecule has 0 amide bonds. The average Bonchev–Trinajstić information content (AvgIpc) is 2.72. The highest BCUT2D eigenvalue weighted by Gasteiger charge is 2.25. The van der Waals surface area contributed by atoms with Crippen LogP contribution in [0.2, 0.25) is 0 Å². The van der Waals surface area contributed by atoms with Crippen LogP contribution in [0.3, 0.4) is 0 Å². The molecular weight excluding hydrogens is 352 g/mol. The second-order valence-corrected chi connectivity index (χ2v) is 6.42. The average molecular weight is 368 g/mol. The van der Waals surface area contributed by atoms with Gasteiger partial charge in [-0.1, -0.05) is 78.9 Å². The predicted octanol–water partition coefficient (Wildman–Crippen LogP) is 5.57. The van der Waals surface area contributed by atoms with E-state index in [9.17, 15) is 19.8 Å². The second-order valence-electron chi connectivity index (χ2n) is 6.42. The lowest BCUT2D eigenvalue weighted by Gasteiger charge is -2.17. The van der Waals surface area contributed by atoms with Gasteiger partial charge in [-0.25, -0.2) is 9.59 Å². The summed E-state index contributed by atoms with van der Waals surface area (Å²) in [7, 11) is 0. The molecule has 4 heteroatoms. The topological polar surface area (TPSA) is 74.6 Å². The van der Waals surface area contributed by atoms with Gasteiger partial charge < -0.3 is 10.2 Å². The number of carbonyl (C=O) groups is 2. The largest absolute Gasteiger partial charge is 0.478 e. The highest BCUT2D eigenvalue weighted by atomic mass is 16.4. The summed E-state index contributed by atoms with van der Waals surface area (Å²) in [5.74, 6) is -2.53. The van der Waals surface area contributed by atoms with Crippen LogP contribution in [0.4, 0.5) is 0 Å². The third kappa shape index (κ3) is 2.91. The molecule has 4 nitrogen and oxygen atoms in total. The minimum Gasteiger partial charge on any atom is -0.478 e. The number of carboxylic acids is 2. The van der Waals surface area contributed by atoms with Gasteiger partial charge in [0.15, 0.2) is 0 Å².